The molecule has 0 radical (unpaired) electrons. The number of carbonyl (C=O) groups is 2. The minimum absolute atomic E-state index is 0.0473. The Morgan fingerprint density at radius 2 is 2.00 bits per heavy atom. The number of nitrogens with two attached hydrogens (primary N) is 1. The van der Waals surface area contributed by atoms with Crippen molar-refractivity contribution in [3.63, 3.8) is 0 Å². The van der Waals surface area contributed by atoms with Crippen LogP contribution in [0, 0.1) is 0 Å². The third kappa shape index (κ3) is 2.42. The molecular weight excluding hydrogens is 268 g/mol. The number of hydrogen-bond donors (Lipinski definition) is 2. The van der Waals surface area contributed by atoms with Crippen molar-refractivity contribution in [3.05, 3.63) is 35.9 Å². The number of piperidine rings is 1. The van der Waals surface area contributed by atoms with Crippen molar-refractivity contribution in [2.75, 3.05) is 0 Å². The zero-order valence-corrected chi connectivity index (χ0v) is 11.9. The third-order valence-corrected chi connectivity index (χ3v) is 4.73. The number of carboxylic acid groups (broad SMARTS) is 1. The first kappa shape index (κ1) is 14.1. The molecule has 1 amide bonds. The second-order valence-electron chi connectivity index (χ2n) is 6.15. The maximum atomic E-state index is 12.8. The van der Waals surface area contributed by atoms with Crippen LogP contribution in [0.3, 0.4) is 0 Å². The van der Waals surface area contributed by atoms with Crippen LogP contribution in [0.25, 0.3) is 0 Å². The number of aliphatic carboxylic acids is 1. The Morgan fingerprint density at radius 3 is 2.67 bits per heavy atom. The van der Waals surface area contributed by atoms with E-state index in [1.54, 1.807) is 0 Å². The second kappa shape index (κ2) is 5.15. The topological polar surface area (TPSA) is 83.6 Å². The highest BCUT2D eigenvalue weighted by molar-refractivity contribution is 5.91. The molecule has 3 rings (SSSR count). The highest BCUT2D eigenvalue weighted by Gasteiger charge is 2.51. The number of rotatable bonds is 3. The lowest BCUT2D eigenvalue weighted by Gasteiger charge is -2.42. The second-order valence-corrected chi connectivity index (χ2v) is 6.15. The molecule has 0 aliphatic carbocycles. The quantitative estimate of drug-likeness (QED) is 0.874. The maximum Gasteiger partial charge on any atom is 0.326 e. The van der Waals surface area contributed by atoms with Gasteiger partial charge >= 0.3 is 5.97 Å². The zero-order valence-electron chi connectivity index (χ0n) is 11.9. The molecule has 1 aromatic rings. The van der Waals surface area contributed by atoms with E-state index < -0.39 is 17.6 Å². The molecule has 2 aliphatic heterocycles. The number of hydrogen-bond acceptors (Lipinski definition) is 3. The fourth-order valence-corrected chi connectivity index (χ4v) is 3.63. The molecule has 0 bridgehead atoms. The zero-order chi connectivity index (χ0) is 15.0. The van der Waals surface area contributed by atoms with Gasteiger partial charge in [0, 0.05) is 6.04 Å². The van der Waals surface area contributed by atoms with Gasteiger partial charge in [0.25, 0.3) is 0 Å². The van der Waals surface area contributed by atoms with Gasteiger partial charge < -0.3 is 15.7 Å². The van der Waals surface area contributed by atoms with Crippen molar-refractivity contribution in [2.24, 2.45) is 5.73 Å². The normalized spacial score (nSPS) is 32.0. The molecule has 112 valence electrons. The summed E-state index contributed by atoms with van der Waals surface area (Å²) in [4.78, 5) is 25.7. The van der Waals surface area contributed by atoms with Gasteiger partial charge in [-0.05, 0) is 37.7 Å². The first-order valence-corrected chi connectivity index (χ1v) is 7.40. The number of nitrogens with zero attached hydrogens (tertiary/aromatic N) is 1. The van der Waals surface area contributed by atoms with E-state index in [1.807, 2.05) is 30.3 Å². The Labute approximate surface area is 123 Å². The third-order valence-electron chi connectivity index (χ3n) is 4.73. The lowest BCUT2D eigenvalue weighted by molar-refractivity contribution is -0.154. The highest BCUT2D eigenvalue weighted by Crippen LogP contribution is 2.37. The van der Waals surface area contributed by atoms with E-state index in [0.29, 0.717) is 19.3 Å². The lowest BCUT2D eigenvalue weighted by atomic mass is 9.81. The van der Waals surface area contributed by atoms with Gasteiger partial charge in [-0.15, -0.1) is 0 Å². The molecule has 0 aromatic heterocycles. The number of amides is 1. The van der Waals surface area contributed by atoms with Crippen LogP contribution in [0.4, 0.5) is 0 Å². The first-order chi connectivity index (χ1) is 10.0. The first-order valence-electron chi connectivity index (χ1n) is 7.40. The minimum atomic E-state index is -0.976. The SMILES string of the molecule is N[C@]1(Cc2ccccc2)CCC2CC[C@@H](C(=O)O)N2C1=O. The number of benzene rings is 1. The molecule has 2 saturated heterocycles. The van der Waals surface area contributed by atoms with E-state index in [4.69, 9.17) is 5.73 Å². The predicted octanol–water partition coefficient (Wildman–Crippen LogP) is 1.16. The molecule has 1 aromatic carbocycles. The summed E-state index contributed by atoms with van der Waals surface area (Å²) < 4.78 is 0. The van der Waals surface area contributed by atoms with Gasteiger partial charge in [0.2, 0.25) is 5.91 Å². The van der Waals surface area contributed by atoms with Gasteiger partial charge in [0.15, 0.2) is 0 Å². The van der Waals surface area contributed by atoms with Crippen molar-refractivity contribution >= 4 is 11.9 Å². The van der Waals surface area contributed by atoms with E-state index in [1.165, 1.54) is 4.90 Å². The van der Waals surface area contributed by atoms with Crippen LogP contribution in [0.15, 0.2) is 30.3 Å². The van der Waals surface area contributed by atoms with Crippen molar-refractivity contribution in [1.82, 2.24) is 4.90 Å². The van der Waals surface area contributed by atoms with E-state index in [0.717, 1.165) is 18.4 Å². The monoisotopic (exact) mass is 288 g/mol. The Bertz CT molecular complexity index is 560. The molecule has 0 saturated carbocycles. The average molecular weight is 288 g/mol. The fraction of sp³-hybridized carbons (Fsp3) is 0.500. The number of carboxylic acids is 1. The lowest BCUT2D eigenvalue weighted by Crippen LogP contribution is -2.64. The molecule has 5 heteroatoms. The Kier molecular flexibility index (Phi) is 3.45. The van der Waals surface area contributed by atoms with Gasteiger partial charge in [-0.25, -0.2) is 4.79 Å². The fourth-order valence-electron chi connectivity index (χ4n) is 3.63. The van der Waals surface area contributed by atoms with E-state index in [2.05, 4.69) is 0 Å². The molecule has 3 N–H and O–H groups in total. The summed E-state index contributed by atoms with van der Waals surface area (Å²) in [5, 5.41) is 9.30. The molecule has 2 fully saturated rings. The van der Waals surface area contributed by atoms with Crippen LogP contribution in [-0.4, -0.2) is 39.5 Å². The standard InChI is InChI=1S/C16H20N2O3/c17-16(10-11-4-2-1-3-5-11)9-8-12-6-7-13(14(19)20)18(12)15(16)21/h1-5,12-13H,6-10,17H2,(H,19,20)/t12?,13-,16-/m0/s1. The number of fused-ring (bicyclic) bond motifs is 1. The van der Waals surface area contributed by atoms with Gasteiger partial charge in [-0.2, -0.15) is 0 Å². The largest absolute Gasteiger partial charge is 0.480 e. The van der Waals surface area contributed by atoms with Crippen LogP contribution in [0.1, 0.15) is 31.2 Å². The van der Waals surface area contributed by atoms with Crippen LogP contribution < -0.4 is 5.73 Å². The highest BCUT2D eigenvalue weighted by atomic mass is 16.4. The van der Waals surface area contributed by atoms with Gasteiger partial charge in [0.1, 0.15) is 6.04 Å². The Morgan fingerprint density at radius 1 is 1.29 bits per heavy atom. The Hall–Kier alpha value is -1.88. The van der Waals surface area contributed by atoms with Crippen LogP contribution in [-0.2, 0) is 16.0 Å². The molecule has 1 unspecified atom stereocenters. The molecular formula is C16H20N2O3. The van der Waals surface area contributed by atoms with Crippen LogP contribution in [0.5, 0.6) is 0 Å². The molecule has 5 nitrogen and oxygen atoms in total. The van der Waals surface area contributed by atoms with E-state index >= 15 is 0 Å². The van der Waals surface area contributed by atoms with Crippen molar-refractivity contribution in [3.8, 4) is 0 Å². The van der Waals surface area contributed by atoms with Crippen molar-refractivity contribution < 1.29 is 14.7 Å². The van der Waals surface area contributed by atoms with Crippen molar-refractivity contribution in [2.45, 2.75) is 49.7 Å². The van der Waals surface area contributed by atoms with E-state index in [9.17, 15) is 14.7 Å². The van der Waals surface area contributed by atoms with Gasteiger partial charge in [0.05, 0.1) is 5.54 Å². The minimum Gasteiger partial charge on any atom is -0.480 e. The summed E-state index contributed by atoms with van der Waals surface area (Å²) in [6, 6.07) is 9.01. The van der Waals surface area contributed by atoms with Gasteiger partial charge in [-0.3, -0.25) is 4.79 Å². The summed E-state index contributed by atoms with van der Waals surface area (Å²) in [6.45, 7) is 0. The average Bonchev–Trinajstić information content (AvgIpc) is 2.89. The summed E-state index contributed by atoms with van der Waals surface area (Å²) in [5.41, 5.74) is 6.40. The Balaban J connectivity index is 1.84. The summed E-state index contributed by atoms with van der Waals surface area (Å²) in [7, 11) is 0. The number of carbonyl (C=O) groups excluding carboxylic acids is 1. The smallest absolute Gasteiger partial charge is 0.326 e. The molecule has 21 heavy (non-hydrogen) atoms. The van der Waals surface area contributed by atoms with Crippen molar-refractivity contribution in [1.29, 1.82) is 0 Å². The molecule has 0 spiro atoms. The van der Waals surface area contributed by atoms with Gasteiger partial charge in [-0.1, -0.05) is 30.3 Å². The van der Waals surface area contributed by atoms with Crippen LogP contribution >= 0.6 is 0 Å². The summed E-state index contributed by atoms with van der Waals surface area (Å²) in [6.07, 6.45) is 3.17. The summed E-state index contributed by atoms with van der Waals surface area (Å²) >= 11 is 0. The molecule has 3 atom stereocenters. The van der Waals surface area contributed by atoms with Crippen LogP contribution in [0.2, 0.25) is 0 Å². The summed E-state index contributed by atoms with van der Waals surface area (Å²) in [5.74, 6) is -1.12. The van der Waals surface area contributed by atoms with E-state index in [-0.39, 0.29) is 11.9 Å². The molecule has 2 heterocycles. The molecule has 2 aliphatic rings. The predicted molar refractivity (Wildman–Crippen MR) is 77.6 cm³/mol. The maximum absolute atomic E-state index is 12.8.